The molecule has 0 aliphatic heterocycles. The van der Waals surface area contributed by atoms with Crippen molar-refractivity contribution in [2.45, 2.75) is 0 Å². The number of hydrogen-bond donors (Lipinski definition) is 0. The first-order chi connectivity index (χ1) is 25.7. The summed E-state index contributed by atoms with van der Waals surface area (Å²) in [7, 11) is 0. The van der Waals surface area contributed by atoms with Crippen LogP contribution in [0.1, 0.15) is 0 Å². The highest BCUT2D eigenvalue weighted by Crippen LogP contribution is 2.45. The molecular weight excluding hydrogens is 641 g/mol. The quantitative estimate of drug-likeness (QED) is 0.183. The Morgan fingerprint density at radius 3 is 2.00 bits per heavy atom. The van der Waals surface area contributed by atoms with Gasteiger partial charge in [0, 0.05) is 45.2 Å². The number of anilines is 3. The highest BCUT2D eigenvalue weighted by molar-refractivity contribution is 6.16. The zero-order valence-corrected chi connectivity index (χ0v) is 27.8. The van der Waals surface area contributed by atoms with Crippen LogP contribution in [0.25, 0.3) is 88.3 Å². The van der Waals surface area contributed by atoms with Gasteiger partial charge in [0.15, 0.2) is 5.58 Å². The minimum atomic E-state index is 0.583. The lowest BCUT2D eigenvalue weighted by Crippen LogP contribution is -2.10. The summed E-state index contributed by atoms with van der Waals surface area (Å²) in [6, 6.07) is 58.7. The molecule has 0 fully saturated rings. The number of furan rings is 2. The second-order valence-electron chi connectivity index (χ2n) is 13.1. The minimum absolute atomic E-state index is 0.583. The highest BCUT2D eigenvalue weighted by Gasteiger charge is 2.22. The van der Waals surface area contributed by atoms with Crippen LogP contribution in [0, 0.1) is 0 Å². The van der Waals surface area contributed by atoms with Crippen molar-refractivity contribution in [3.05, 3.63) is 170 Å². The highest BCUT2D eigenvalue weighted by atomic mass is 16.4. The molecule has 8 aromatic carbocycles. The summed E-state index contributed by atoms with van der Waals surface area (Å²) in [5, 5.41) is 6.58. The smallest absolute Gasteiger partial charge is 0.227 e. The maximum Gasteiger partial charge on any atom is 0.227 e. The Balaban J connectivity index is 1.12. The van der Waals surface area contributed by atoms with Gasteiger partial charge in [-0.3, -0.25) is 0 Å². The molecule has 11 aromatic rings. The van der Waals surface area contributed by atoms with E-state index in [1.807, 2.05) is 66.7 Å². The lowest BCUT2D eigenvalue weighted by Gasteiger charge is -2.26. The fraction of sp³-hybridized carbons (Fsp3) is 0. The van der Waals surface area contributed by atoms with E-state index >= 15 is 0 Å². The van der Waals surface area contributed by atoms with Crippen LogP contribution in [0.3, 0.4) is 0 Å². The van der Waals surface area contributed by atoms with Gasteiger partial charge in [-0.1, -0.05) is 97.1 Å². The molecule has 3 heterocycles. The average Bonchev–Trinajstić information content (AvgIpc) is 3.90. The van der Waals surface area contributed by atoms with Gasteiger partial charge in [-0.15, -0.1) is 0 Å². The van der Waals surface area contributed by atoms with E-state index in [4.69, 9.17) is 18.2 Å². The Kier molecular flexibility index (Phi) is 6.18. The van der Waals surface area contributed by atoms with Gasteiger partial charge >= 0.3 is 0 Å². The van der Waals surface area contributed by atoms with E-state index in [1.54, 1.807) is 0 Å². The molecule has 0 atom stereocenters. The number of aromatic nitrogens is 1. The first kappa shape index (κ1) is 28.7. The summed E-state index contributed by atoms with van der Waals surface area (Å²) < 4.78 is 19.3. The number of hydrogen-bond acceptors (Lipinski definition) is 5. The number of oxazole rings is 1. The van der Waals surface area contributed by atoms with E-state index < -0.39 is 0 Å². The third-order valence-corrected chi connectivity index (χ3v) is 10.1. The number of fused-ring (bicyclic) bond motifs is 8. The van der Waals surface area contributed by atoms with E-state index in [0.29, 0.717) is 11.5 Å². The van der Waals surface area contributed by atoms with Crippen molar-refractivity contribution >= 4 is 82.8 Å². The Morgan fingerprint density at radius 2 is 1.10 bits per heavy atom. The van der Waals surface area contributed by atoms with Gasteiger partial charge in [-0.25, -0.2) is 4.98 Å². The molecule has 0 aliphatic rings. The molecule has 0 saturated heterocycles. The molecule has 3 aromatic heterocycles. The van der Waals surface area contributed by atoms with Gasteiger partial charge in [-0.2, -0.15) is 0 Å². The first-order valence-corrected chi connectivity index (χ1v) is 17.4. The van der Waals surface area contributed by atoms with Crippen molar-refractivity contribution in [1.29, 1.82) is 0 Å². The molecule has 0 unspecified atom stereocenters. The predicted molar refractivity (Wildman–Crippen MR) is 212 cm³/mol. The zero-order chi connectivity index (χ0) is 34.2. The van der Waals surface area contributed by atoms with Gasteiger partial charge in [0.2, 0.25) is 5.89 Å². The maximum atomic E-state index is 6.54. The number of nitrogens with zero attached hydrogens (tertiary/aromatic N) is 2. The number of benzene rings is 8. The van der Waals surface area contributed by atoms with Gasteiger partial charge in [-0.05, 0) is 82.6 Å². The molecule has 244 valence electrons. The van der Waals surface area contributed by atoms with Crippen LogP contribution in [0.4, 0.5) is 17.1 Å². The monoisotopic (exact) mass is 668 g/mol. The van der Waals surface area contributed by atoms with E-state index in [2.05, 4.69) is 108 Å². The second kappa shape index (κ2) is 11.2. The van der Waals surface area contributed by atoms with E-state index in [-0.39, 0.29) is 0 Å². The summed E-state index contributed by atoms with van der Waals surface area (Å²) in [6.45, 7) is 0. The summed E-state index contributed by atoms with van der Waals surface area (Å²) >= 11 is 0. The molecule has 0 N–H and O–H groups in total. The zero-order valence-electron chi connectivity index (χ0n) is 27.8. The number of rotatable bonds is 5. The largest absolute Gasteiger partial charge is 0.456 e. The fourth-order valence-electron chi connectivity index (χ4n) is 7.67. The van der Waals surface area contributed by atoms with Crippen LogP contribution in [0.5, 0.6) is 0 Å². The van der Waals surface area contributed by atoms with Crippen molar-refractivity contribution in [1.82, 2.24) is 4.98 Å². The Bertz CT molecular complexity index is 3130. The van der Waals surface area contributed by atoms with Crippen molar-refractivity contribution in [3.63, 3.8) is 0 Å². The van der Waals surface area contributed by atoms with E-state index in [1.165, 1.54) is 16.3 Å². The molecular formula is C47H28N2O3. The van der Waals surface area contributed by atoms with Crippen LogP contribution in [0.2, 0.25) is 0 Å². The molecule has 0 aliphatic carbocycles. The SMILES string of the molecule is c1ccc(-c2nc3cc4oc5cccc(N(c6ccc(-c7cccc8ccccc78)cc6)c6ccc7c(c6)oc6ccccc67)c5c4cc3o2)cc1. The van der Waals surface area contributed by atoms with Crippen molar-refractivity contribution < 1.29 is 13.3 Å². The molecule has 0 spiro atoms. The standard InChI is InChI=1S/C47H28N2O3/c1-2-11-31(12-3-1)47-48-39-28-44-38(27-45(39)52-47)46-40(17-9-19-42(46)51-44)49(33-24-25-37-36-15-6-7-18-41(36)50-43(37)26-33)32-22-20-30(21-23-32)35-16-8-13-29-10-4-5-14-34(29)35/h1-28H. The third kappa shape index (κ3) is 4.46. The summed E-state index contributed by atoms with van der Waals surface area (Å²) in [5.41, 5.74) is 10.9. The third-order valence-electron chi connectivity index (χ3n) is 10.1. The average molecular weight is 669 g/mol. The van der Waals surface area contributed by atoms with Crippen LogP contribution >= 0.6 is 0 Å². The molecule has 11 rings (SSSR count). The molecule has 0 radical (unpaired) electrons. The molecule has 0 bridgehead atoms. The molecule has 52 heavy (non-hydrogen) atoms. The second-order valence-corrected chi connectivity index (χ2v) is 13.1. The van der Waals surface area contributed by atoms with Gasteiger partial charge in [0.05, 0.1) is 11.1 Å². The van der Waals surface area contributed by atoms with Crippen molar-refractivity contribution in [3.8, 4) is 22.6 Å². The molecule has 5 nitrogen and oxygen atoms in total. The Labute approximate surface area is 297 Å². The van der Waals surface area contributed by atoms with Gasteiger partial charge < -0.3 is 18.2 Å². The number of para-hydroxylation sites is 1. The fourth-order valence-corrected chi connectivity index (χ4v) is 7.67. The van der Waals surface area contributed by atoms with Crippen molar-refractivity contribution in [2.75, 3.05) is 4.90 Å². The van der Waals surface area contributed by atoms with Crippen LogP contribution in [-0.2, 0) is 0 Å². The maximum absolute atomic E-state index is 6.54. The van der Waals surface area contributed by atoms with Crippen LogP contribution in [0.15, 0.2) is 183 Å². The molecule has 0 amide bonds. The topological polar surface area (TPSA) is 55.6 Å². The minimum Gasteiger partial charge on any atom is -0.456 e. The summed E-state index contributed by atoms with van der Waals surface area (Å²) in [6.07, 6.45) is 0. The predicted octanol–water partition coefficient (Wildman–Crippen LogP) is 13.6. The molecule has 0 saturated carbocycles. The van der Waals surface area contributed by atoms with Gasteiger partial charge in [0.25, 0.3) is 0 Å². The van der Waals surface area contributed by atoms with Crippen LogP contribution in [-0.4, -0.2) is 4.98 Å². The molecule has 5 heteroatoms. The van der Waals surface area contributed by atoms with Gasteiger partial charge in [0.1, 0.15) is 27.8 Å². The van der Waals surface area contributed by atoms with E-state index in [0.717, 1.165) is 77.6 Å². The Hall–Kier alpha value is -7.11. The summed E-state index contributed by atoms with van der Waals surface area (Å²) in [4.78, 5) is 7.10. The van der Waals surface area contributed by atoms with Crippen molar-refractivity contribution in [2.24, 2.45) is 0 Å². The van der Waals surface area contributed by atoms with Crippen LogP contribution < -0.4 is 4.90 Å². The lowest BCUT2D eigenvalue weighted by atomic mass is 9.98. The Morgan fingerprint density at radius 1 is 0.404 bits per heavy atom. The normalized spacial score (nSPS) is 11.8. The first-order valence-electron chi connectivity index (χ1n) is 17.4. The summed E-state index contributed by atoms with van der Waals surface area (Å²) in [5.74, 6) is 0.583. The lowest BCUT2D eigenvalue weighted by molar-refractivity contribution is 0.620. The van der Waals surface area contributed by atoms with E-state index in [9.17, 15) is 0 Å².